The molecule has 0 saturated carbocycles. The maximum absolute atomic E-state index is 5.72. The first-order valence-electron chi connectivity index (χ1n) is 3.65. The van der Waals surface area contributed by atoms with Crippen molar-refractivity contribution in [3.8, 4) is 0 Å². The molecule has 0 amide bonds. The lowest BCUT2D eigenvalue weighted by molar-refractivity contribution is 1.26. The van der Waals surface area contributed by atoms with E-state index in [2.05, 4.69) is 0 Å². The predicted octanol–water partition coefficient (Wildman–Crippen LogP) is 1.89. The molecule has 0 bridgehead atoms. The summed E-state index contributed by atoms with van der Waals surface area (Å²) in [5, 5.41) is 0.650. The number of nitrogens with two attached hydrogens (primary N) is 2. The summed E-state index contributed by atoms with van der Waals surface area (Å²) in [5.41, 5.74) is 12.6. The molecule has 0 aliphatic heterocycles. The molecule has 1 aromatic rings. The molecular weight excluding hydrogens is 172 g/mol. The topological polar surface area (TPSA) is 52.0 Å². The average molecular weight is 183 g/mol. The summed E-state index contributed by atoms with van der Waals surface area (Å²) < 4.78 is 0. The molecule has 64 valence electrons. The molecule has 0 aliphatic carbocycles. The first-order valence-corrected chi connectivity index (χ1v) is 4.03. The van der Waals surface area contributed by atoms with Crippen molar-refractivity contribution in [2.75, 3.05) is 12.3 Å². The standard InChI is InChI=1S/C9H11ClN2/c10-8-4-3-7(2-1-5-11)9(12)6-8/h1-4,6H,5,11-12H2. The molecule has 0 heterocycles. The van der Waals surface area contributed by atoms with Gasteiger partial charge < -0.3 is 11.5 Å². The van der Waals surface area contributed by atoms with E-state index in [-0.39, 0.29) is 0 Å². The third kappa shape index (κ3) is 2.26. The minimum absolute atomic E-state index is 0.516. The van der Waals surface area contributed by atoms with Crippen LogP contribution in [0.2, 0.25) is 5.02 Å². The van der Waals surface area contributed by atoms with Gasteiger partial charge in [-0.2, -0.15) is 0 Å². The van der Waals surface area contributed by atoms with Gasteiger partial charge in [0.2, 0.25) is 0 Å². The molecule has 0 fully saturated rings. The number of halogens is 1. The van der Waals surface area contributed by atoms with Crippen LogP contribution in [-0.2, 0) is 0 Å². The van der Waals surface area contributed by atoms with Crippen LogP contribution in [0.15, 0.2) is 24.3 Å². The van der Waals surface area contributed by atoms with Gasteiger partial charge in [-0.1, -0.05) is 29.8 Å². The van der Waals surface area contributed by atoms with Crippen molar-refractivity contribution in [2.24, 2.45) is 5.73 Å². The second kappa shape index (κ2) is 4.14. The van der Waals surface area contributed by atoms with E-state index in [0.29, 0.717) is 17.3 Å². The van der Waals surface area contributed by atoms with Crippen molar-refractivity contribution in [1.29, 1.82) is 0 Å². The molecule has 3 heteroatoms. The number of anilines is 1. The van der Waals surface area contributed by atoms with E-state index in [1.165, 1.54) is 0 Å². The first kappa shape index (κ1) is 9.10. The Bertz CT molecular complexity index is 295. The summed E-state index contributed by atoms with van der Waals surface area (Å²) in [4.78, 5) is 0. The zero-order chi connectivity index (χ0) is 8.97. The summed E-state index contributed by atoms with van der Waals surface area (Å²) in [6.45, 7) is 0.516. The van der Waals surface area contributed by atoms with Crippen LogP contribution in [0, 0.1) is 0 Å². The average Bonchev–Trinajstić information content (AvgIpc) is 2.03. The van der Waals surface area contributed by atoms with Crippen molar-refractivity contribution in [3.05, 3.63) is 34.9 Å². The fourth-order valence-electron chi connectivity index (χ4n) is 0.892. The SMILES string of the molecule is NCC=Cc1ccc(Cl)cc1N. The second-order valence-electron chi connectivity index (χ2n) is 2.41. The van der Waals surface area contributed by atoms with E-state index >= 15 is 0 Å². The summed E-state index contributed by atoms with van der Waals surface area (Å²) in [7, 11) is 0. The number of benzene rings is 1. The Balaban J connectivity index is 2.94. The minimum atomic E-state index is 0.516. The summed E-state index contributed by atoms with van der Waals surface area (Å²) in [5.74, 6) is 0. The van der Waals surface area contributed by atoms with Crippen LogP contribution in [-0.4, -0.2) is 6.54 Å². The lowest BCUT2D eigenvalue weighted by atomic mass is 10.1. The van der Waals surface area contributed by atoms with Crippen LogP contribution in [0.4, 0.5) is 5.69 Å². The van der Waals surface area contributed by atoms with Gasteiger partial charge in [-0.3, -0.25) is 0 Å². The van der Waals surface area contributed by atoms with E-state index in [9.17, 15) is 0 Å². The Kier molecular flexibility index (Phi) is 3.14. The molecule has 0 saturated heterocycles. The number of hydrogen-bond donors (Lipinski definition) is 2. The predicted molar refractivity (Wildman–Crippen MR) is 54.0 cm³/mol. The van der Waals surface area contributed by atoms with Crippen LogP contribution >= 0.6 is 11.6 Å². The van der Waals surface area contributed by atoms with Crippen LogP contribution in [0.25, 0.3) is 6.08 Å². The molecule has 12 heavy (non-hydrogen) atoms. The zero-order valence-corrected chi connectivity index (χ0v) is 7.38. The highest BCUT2D eigenvalue weighted by Crippen LogP contribution is 2.18. The van der Waals surface area contributed by atoms with Crippen molar-refractivity contribution < 1.29 is 0 Å². The van der Waals surface area contributed by atoms with Crippen molar-refractivity contribution in [3.63, 3.8) is 0 Å². The Hall–Kier alpha value is -0.990. The van der Waals surface area contributed by atoms with E-state index in [0.717, 1.165) is 5.56 Å². The maximum atomic E-state index is 5.72. The van der Waals surface area contributed by atoms with Crippen molar-refractivity contribution in [1.82, 2.24) is 0 Å². The molecule has 0 unspecified atom stereocenters. The van der Waals surface area contributed by atoms with Gasteiger partial charge in [0.15, 0.2) is 0 Å². The van der Waals surface area contributed by atoms with E-state index in [1.54, 1.807) is 12.1 Å². The molecule has 2 nitrogen and oxygen atoms in total. The van der Waals surface area contributed by atoms with Crippen LogP contribution < -0.4 is 11.5 Å². The van der Waals surface area contributed by atoms with E-state index in [1.807, 2.05) is 18.2 Å². The monoisotopic (exact) mass is 182 g/mol. The Morgan fingerprint density at radius 1 is 1.42 bits per heavy atom. The van der Waals surface area contributed by atoms with Gasteiger partial charge >= 0.3 is 0 Å². The van der Waals surface area contributed by atoms with Crippen molar-refractivity contribution >= 4 is 23.4 Å². The van der Waals surface area contributed by atoms with Crippen LogP contribution in [0.5, 0.6) is 0 Å². The molecule has 0 aliphatic rings. The Morgan fingerprint density at radius 2 is 2.17 bits per heavy atom. The highest BCUT2D eigenvalue weighted by Gasteiger charge is 1.94. The second-order valence-corrected chi connectivity index (χ2v) is 2.85. The summed E-state index contributed by atoms with van der Waals surface area (Å²) in [6.07, 6.45) is 3.73. The number of rotatable bonds is 2. The summed E-state index contributed by atoms with van der Waals surface area (Å²) >= 11 is 5.72. The van der Waals surface area contributed by atoms with Gasteiger partial charge in [0, 0.05) is 17.3 Å². The van der Waals surface area contributed by atoms with Gasteiger partial charge in [-0.05, 0) is 17.7 Å². The smallest absolute Gasteiger partial charge is 0.0426 e. The molecule has 1 rings (SSSR count). The molecule has 0 radical (unpaired) electrons. The molecule has 0 spiro atoms. The quantitative estimate of drug-likeness (QED) is 0.687. The highest BCUT2D eigenvalue weighted by molar-refractivity contribution is 6.30. The third-order valence-corrected chi connectivity index (χ3v) is 1.72. The summed E-state index contributed by atoms with van der Waals surface area (Å²) in [6, 6.07) is 5.38. The molecule has 4 N–H and O–H groups in total. The lowest BCUT2D eigenvalue weighted by Gasteiger charge is -1.99. The lowest BCUT2D eigenvalue weighted by Crippen LogP contribution is -1.93. The fourth-order valence-corrected chi connectivity index (χ4v) is 1.07. The maximum Gasteiger partial charge on any atom is 0.0426 e. The van der Waals surface area contributed by atoms with Gasteiger partial charge in [0.05, 0.1) is 0 Å². The first-order chi connectivity index (χ1) is 5.74. The number of nitrogen functional groups attached to an aromatic ring is 1. The largest absolute Gasteiger partial charge is 0.398 e. The van der Waals surface area contributed by atoms with Crippen molar-refractivity contribution in [2.45, 2.75) is 0 Å². The fraction of sp³-hybridized carbons (Fsp3) is 0.111. The van der Waals surface area contributed by atoms with E-state index < -0.39 is 0 Å². The van der Waals surface area contributed by atoms with Gasteiger partial charge in [-0.25, -0.2) is 0 Å². The van der Waals surface area contributed by atoms with E-state index in [4.69, 9.17) is 23.1 Å². The van der Waals surface area contributed by atoms with Gasteiger partial charge in [0.25, 0.3) is 0 Å². The van der Waals surface area contributed by atoms with Gasteiger partial charge in [0.1, 0.15) is 0 Å². The molecular formula is C9H11ClN2. The molecule has 1 aromatic carbocycles. The minimum Gasteiger partial charge on any atom is -0.398 e. The molecule has 0 aromatic heterocycles. The molecule has 0 atom stereocenters. The Morgan fingerprint density at radius 3 is 2.75 bits per heavy atom. The number of hydrogen-bond acceptors (Lipinski definition) is 2. The zero-order valence-electron chi connectivity index (χ0n) is 6.63. The Labute approximate surface area is 76.8 Å². The highest BCUT2D eigenvalue weighted by atomic mass is 35.5. The van der Waals surface area contributed by atoms with Gasteiger partial charge in [-0.15, -0.1) is 0 Å². The normalized spacial score (nSPS) is 10.8. The third-order valence-electron chi connectivity index (χ3n) is 1.48. The van der Waals surface area contributed by atoms with Crippen LogP contribution in [0.3, 0.4) is 0 Å². The van der Waals surface area contributed by atoms with Crippen LogP contribution in [0.1, 0.15) is 5.56 Å².